The second kappa shape index (κ2) is 11.2. The molecule has 2 nitrogen and oxygen atoms in total. The van der Waals surface area contributed by atoms with Crippen LogP contribution in [0.3, 0.4) is 0 Å². The number of hydrogen-bond acceptors (Lipinski definition) is 2. The molecule has 0 spiro atoms. The van der Waals surface area contributed by atoms with Gasteiger partial charge in [-0.05, 0) is 47.3 Å². The molecule has 1 fully saturated rings. The molecule has 2 atom stereocenters. The van der Waals surface area contributed by atoms with Crippen LogP contribution in [0.4, 0.5) is 0 Å². The van der Waals surface area contributed by atoms with Crippen LogP contribution in [0.1, 0.15) is 104 Å². The topological polar surface area (TPSA) is 18.5 Å². The van der Waals surface area contributed by atoms with Gasteiger partial charge in [0.2, 0.25) is 0 Å². The highest BCUT2D eigenvalue weighted by Gasteiger charge is 2.31. The standard InChI is InChI=1S/C26H44O2/c1-7-24(27-19-18-21-12-10-9-11-13-21)28-23-16-14-22(15-17-23)25(20(3)4)26(5,6)8-2/h14-17,20-21,24-25H,7-13,18-19H2,1-6H3. The molecule has 1 aliphatic carbocycles. The normalized spacial score (nSPS) is 18.2. The lowest BCUT2D eigenvalue weighted by atomic mass is 9.68. The molecule has 28 heavy (non-hydrogen) atoms. The molecular formula is C26H44O2. The Bertz CT molecular complexity index is 540. The maximum Gasteiger partial charge on any atom is 0.199 e. The van der Waals surface area contributed by atoms with E-state index in [0.29, 0.717) is 17.3 Å². The smallest absolute Gasteiger partial charge is 0.199 e. The Balaban J connectivity index is 1.90. The molecule has 0 radical (unpaired) electrons. The molecule has 0 heterocycles. The van der Waals surface area contributed by atoms with Crippen molar-refractivity contribution in [3.63, 3.8) is 0 Å². The minimum atomic E-state index is -0.137. The molecule has 2 heteroatoms. The molecule has 1 aromatic carbocycles. The van der Waals surface area contributed by atoms with Gasteiger partial charge >= 0.3 is 0 Å². The third-order valence-corrected chi connectivity index (χ3v) is 6.81. The molecule has 0 saturated heterocycles. The number of rotatable bonds is 11. The lowest BCUT2D eigenvalue weighted by Crippen LogP contribution is -2.26. The second-order valence-corrected chi connectivity index (χ2v) is 9.75. The van der Waals surface area contributed by atoms with Crippen molar-refractivity contribution in [3.8, 4) is 5.75 Å². The van der Waals surface area contributed by atoms with Gasteiger partial charge in [-0.3, -0.25) is 0 Å². The summed E-state index contributed by atoms with van der Waals surface area (Å²) in [6.45, 7) is 14.7. The van der Waals surface area contributed by atoms with Crippen LogP contribution in [0.2, 0.25) is 0 Å². The SMILES string of the molecule is CCC(OCCC1CCCCC1)Oc1ccc(C(C(C)C)C(C)(C)CC)cc1. The van der Waals surface area contributed by atoms with Gasteiger partial charge in [-0.25, -0.2) is 0 Å². The molecule has 0 N–H and O–H groups in total. The molecule has 0 bridgehead atoms. The Hall–Kier alpha value is -1.02. The fourth-order valence-electron chi connectivity index (χ4n) is 4.94. The van der Waals surface area contributed by atoms with Crippen LogP contribution >= 0.6 is 0 Å². The Morgan fingerprint density at radius 2 is 1.64 bits per heavy atom. The number of ether oxygens (including phenoxy) is 2. The van der Waals surface area contributed by atoms with Crippen LogP contribution in [0.15, 0.2) is 24.3 Å². The number of hydrogen-bond donors (Lipinski definition) is 0. The lowest BCUT2D eigenvalue weighted by Gasteiger charge is -2.37. The zero-order valence-electron chi connectivity index (χ0n) is 19.3. The van der Waals surface area contributed by atoms with E-state index in [2.05, 4.69) is 65.8 Å². The van der Waals surface area contributed by atoms with E-state index in [1.807, 2.05) is 0 Å². The summed E-state index contributed by atoms with van der Waals surface area (Å²) in [4.78, 5) is 0. The minimum absolute atomic E-state index is 0.137. The van der Waals surface area contributed by atoms with E-state index in [1.54, 1.807) is 0 Å². The van der Waals surface area contributed by atoms with Crippen LogP contribution in [-0.4, -0.2) is 12.9 Å². The third-order valence-electron chi connectivity index (χ3n) is 6.81. The highest BCUT2D eigenvalue weighted by molar-refractivity contribution is 5.31. The summed E-state index contributed by atoms with van der Waals surface area (Å²) in [6.07, 6.45) is 10.1. The van der Waals surface area contributed by atoms with E-state index in [1.165, 1.54) is 50.5 Å². The van der Waals surface area contributed by atoms with Crippen molar-refractivity contribution in [1.29, 1.82) is 0 Å². The maximum absolute atomic E-state index is 6.14. The summed E-state index contributed by atoms with van der Waals surface area (Å²) in [6, 6.07) is 8.77. The molecule has 1 aliphatic rings. The first-order valence-electron chi connectivity index (χ1n) is 11.8. The third kappa shape index (κ3) is 6.79. The Labute approximate surface area is 174 Å². The summed E-state index contributed by atoms with van der Waals surface area (Å²) < 4.78 is 12.2. The molecule has 1 aromatic rings. The van der Waals surface area contributed by atoms with E-state index in [-0.39, 0.29) is 6.29 Å². The van der Waals surface area contributed by atoms with Crippen LogP contribution in [0.5, 0.6) is 5.75 Å². The summed E-state index contributed by atoms with van der Waals surface area (Å²) in [5.41, 5.74) is 1.71. The van der Waals surface area contributed by atoms with E-state index in [9.17, 15) is 0 Å². The van der Waals surface area contributed by atoms with Crippen molar-refractivity contribution in [3.05, 3.63) is 29.8 Å². The Morgan fingerprint density at radius 3 is 2.18 bits per heavy atom. The fourth-order valence-corrected chi connectivity index (χ4v) is 4.94. The highest BCUT2D eigenvalue weighted by atomic mass is 16.7. The van der Waals surface area contributed by atoms with Crippen molar-refractivity contribution < 1.29 is 9.47 Å². The van der Waals surface area contributed by atoms with E-state index in [0.717, 1.165) is 24.7 Å². The van der Waals surface area contributed by atoms with Gasteiger partial charge < -0.3 is 9.47 Å². The van der Waals surface area contributed by atoms with Gasteiger partial charge in [-0.1, -0.05) is 92.2 Å². The predicted molar refractivity (Wildman–Crippen MR) is 120 cm³/mol. The van der Waals surface area contributed by atoms with Crippen molar-refractivity contribution in [1.82, 2.24) is 0 Å². The molecule has 1 saturated carbocycles. The maximum atomic E-state index is 6.14. The quantitative estimate of drug-likeness (QED) is 0.358. The molecular weight excluding hydrogens is 344 g/mol. The Kier molecular flexibility index (Phi) is 9.34. The zero-order valence-corrected chi connectivity index (χ0v) is 19.3. The van der Waals surface area contributed by atoms with Crippen molar-refractivity contribution in [2.75, 3.05) is 6.61 Å². The van der Waals surface area contributed by atoms with Gasteiger partial charge in [-0.15, -0.1) is 0 Å². The van der Waals surface area contributed by atoms with E-state index >= 15 is 0 Å². The minimum Gasteiger partial charge on any atom is -0.465 e. The summed E-state index contributed by atoms with van der Waals surface area (Å²) in [5.74, 6) is 2.96. The highest BCUT2D eigenvalue weighted by Crippen LogP contribution is 2.43. The van der Waals surface area contributed by atoms with Crippen molar-refractivity contribution >= 4 is 0 Å². The largest absolute Gasteiger partial charge is 0.465 e. The van der Waals surface area contributed by atoms with Crippen LogP contribution in [0, 0.1) is 17.3 Å². The monoisotopic (exact) mass is 388 g/mol. The van der Waals surface area contributed by atoms with Gasteiger partial charge in [0.25, 0.3) is 0 Å². The molecule has 2 rings (SSSR count). The summed E-state index contributed by atoms with van der Waals surface area (Å²) in [7, 11) is 0. The first-order chi connectivity index (χ1) is 13.4. The first kappa shape index (κ1) is 23.3. The van der Waals surface area contributed by atoms with Crippen molar-refractivity contribution in [2.24, 2.45) is 17.3 Å². The van der Waals surface area contributed by atoms with Crippen LogP contribution in [0.25, 0.3) is 0 Å². The molecule has 160 valence electrons. The van der Waals surface area contributed by atoms with Gasteiger partial charge in [0.05, 0.1) is 6.61 Å². The average molecular weight is 389 g/mol. The van der Waals surface area contributed by atoms with Gasteiger partial charge in [0.15, 0.2) is 6.29 Å². The van der Waals surface area contributed by atoms with Crippen LogP contribution in [-0.2, 0) is 4.74 Å². The molecule has 0 aliphatic heterocycles. The van der Waals surface area contributed by atoms with Crippen molar-refractivity contribution in [2.45, 2.75) is 105 Å². The molecule has 2 unspecified atom stereocenters. The van der Waals surface area contributed by atoms with E-state index in [4.69, 9.17) is 9.47 Å². The molecule has 0 aromatic heterocycles. The summed E-state index contributed by atoms with van der Waals surface area (Å²) >= 11 is 0. The van der Waals surface area contributed by atoms with Crippen LogP contribution < -0.4 is 4.74 Å². The summed E-state index contributed by atoms with van der Waals surface area (Å²) in [5, 5.41) is 0. The van der Waals surface area contributed by atoms with Gasteiger partial charge in [0.1, 0.15) is 5.75 Å². The van der Waals surface area contributed by atoms with E-state index < -0.39 is 0 Å². The average Bonchev–Trinajstić information content (AvgIpc) is 2.69. The van der Waals surface area contributed by atoms with Gasteiger partial charge in [-0.2, -0.15) is 0 Å². The predicted octanol–water partition coefficient (Wildman–Crippen LogP) is 7.96. The Morgan fingerprint density at radius 1 is 1.00 bits per heavy atom. The second-order valence-electron chi connectivity index (χ2n) is 9.75. The number of benzene rings is 1. The first-order valence-corrected chi connectivity index (χ1v) is 11.8. The zero-order chi connectivity index (χ0) is 20.6. The molecule has 0 amide bonds. The fraction of sp³-hybridized carbons (Fsp3) is 0.769. The lowest BCUT2D eigenvalue weighted by molar-refractivity contribution is -0.0856. The van der Waals surface area contributed by atoms with Gasteiger partial charge in [0, 0.05) is 6.42 Å².